The number of hydrogen-bond acceptors (Lipinski definition) is 5. The quantitative estimate of drug-likeness (QED) is 0.510. The summed E-state index contributed by atoms with van der Waals surface area (Å²) < 4.78 is 5.44. The molecule has 2 aromatic carbocycles. The van der Waals surface area contributed by atoms with Crippen molar-refractivity contribution < 1.29 is 4.52 Å². The van der Waals surface area contributed by atoms with Crippen LogP contribution in [0.15, 0.2) is 47.0 Å². The second kappa shape index (κ2) is 10.0. The van der Waals surface area contributed by atoms with Gasteiger partial charge in [0.05, 0.1) is 11.8 Å². The lowest BCUT2D eigenvalue weighted by Crippen LogP contribution is -2.34. The van der Waals surface area contributed by atoms with Crippen molar-refractivity contribution in [3.63, 3.8) is 0 Å². The summed E-state index contributed by atoms with van der Waals surface area (Å²) in [5, 5.41) is 16.5. The minimum absolute atomic E-state index is 0.552. The number of nitriles is 1. The van der Waals surface area contributed by atoms with Crippen molar-refractivity contribution in [1.82, 2.24) is 10.5 Å². The smallest absolute Gasteiger partial charge is 0.141 e. The van der Waals surface area contributed by atoms with Crippen LogP contribution in [0.4, 0.5) is 11.4 Å². The van der Waals surface area contributed by atoms with Crippen LogP contribution >= 0.6 is 0 Å². The minimum atomic E-state index is 0.552. The number of piperidine rings is 1. The maximum absolute atomic E-state index is 8.90. The summed E-state index contributed by atoms with van der Waals surface area (Å²) in [7, 11) is 0. The van der Waals surface area contributed by atoms with Crippen LogP contribution in [0, 0.1) is 38.0 Å². The van der Waals surface area contributed by atoms with E-state index in [-0.39, 0.29) is 0 Å². The Morgan fingerprint density at radius 1 is 1.09 bits per heavy atom. The summed E-state index contributed by atoms with van der Waals surface area (Å²) in [6, 6.07) is 17.6. The standard InChI is InChI=1S/C27H32N4O/c1-19-6-9-24(27-20(2)30-32-21(27)3)17-26(19)31(18-23-12-15-29-16-13-23)25-10-7-22(8-11-25)5-4-14-28/h6-11,17,23,29H,4-5,12-13,15-16,18H2,1-3H3. The van der Waals surface area contributed by atoms with Crippen molar-refractivity contribution in [3.05, 3.63) is 65.0 Å². The number of benzene rings is 2. The average Bonchev–Trinajstić information content (AvgIpc) is 3.16. The number of nitrogens with one attached hydrogen (secondary N) is 1. The molecule has 32 heavy (non-hydrogen) atoms. The van der Waals surface area contributed by atoms with Gasteiger partial charge in [0, 0.05) is 29.9 Å². The first-order valence-corrected chi connectivity index (χ1v) is 11.5. The van der Waals surface area contributed by atoms with E-state index in [2.05, 4.69) is 70.8 Å². The fourth-order valence-corrected chi connectivity index (χ4v) is 4.66. The molecule has 166 valence electrons. The van der Waals surface area contributed by atoms with Gasteiger partial charge in [0.15, 0.2) is 0 Å². The third-order valence-corrected chi connectivity index (χ3v) is 6.49. The molecule has 2 heterocycles. The Labute approximate surface area is 191 Å². The zero-order chi connectivity index (χ0) is 22.5. The maximum Gasteiger partial charge on any atom is 0.141 e. The van der Waals surface area contributed by atoms with Crippen molar-refractivity contribution in [3.8, 4) is 17.2 Å². The fraction of sp³-hybridized carbons (Fsp3) is 0.407. The Morgan fingerprint density at radius 3 is 2.50 bits per heavy atom. The van der Waals surface area contributed by atoms with Crippen molar-refractivity contribution in [1.29, 1.82) is 5.26 Å². The largest absolute Gasteiger partial charge is 0.361 e. The molecule has 0 saturated carbocycles. The van der Waals surface area contributed by atoms with E-state index in [1.807, 2.05) is 13.8 Å². The van der Waals surface area contributed by atoms with Crippen molar-refractivity contribution in [2.24, 2.45) is 5.92 Å². The number of aryl methyl sites for hydroxylation is 4. The Balaban J connectivity index is 1.72. The molecule has 0 amide bonds. The Kier molecular flexibility index (Phi) is 6.92. The highest BCUT2D eigenvalue weighted by molar-refractivity contribution is 5.76. The molecule has 3 aromatic rings. The van der Waals surface area contributed by atoms with Crippen LogP contribution < -0.4 is 10.2 Å². The number of nitrogens with zero attached hydrogens (tertiary/aromatic N) is 3. The molecule has 1 saturated heterocycles. The number of rotatable bonds is 7. The van der Waals surface area contributed by atoms with Crippen molar-refractivity contribution >= 4 is 11.4 Å². The van der Waals surface area contributed by atoms with Crippen LogP contribution in [0.25, 0.3) is 11.1 Å². The van der Waals surface area contributed by atoms with Gasteiger partial charge in [-0.1, -0.05) is 29.4 Å². The maximum atomic E-state index is 8.90. The highest BCUT2D eigenvalue weighted by Crippen LogP contribution is 2.36. The number of aromatic nitrogens is 1. The Morgan fingerprint density at radius 2 is 1.84 bits per heavy atom. The lowest BCUT2D eigenvalue weighted by molar-refractivity contribution is 0.380. The molecular weight excluding hydrogens is 396 g/mol. The topological polar surface area (TPSA) is 65.1 Å². The predicted molar refractivity (Wildman–Crippen MR) is 129 cm³/mol. The molecule has 0 atom stereocenters. The van der Waals surface area contributed by atoms with Gasteiger partial charge in [0.25, 0.3) is 0 Å². The van der Waals surface area contributed by atoms with E-state index in [1.165, 1.54) is 35.3 Å². The van der Waals surface area contributed by atoms with Crippen molar-refractivity contribution in [2.45, 2.75) is 46.5 Å². The third kappa shape index (κ3) is 4.87. The molecule has 4 rings (SSSR count). The highest BCUT2D eigenvalue weighted by atomic mass is 16.5. The van der Waals surface area contributed by atoms with E-state index in [1.54, 1.807) is 0 Å². The predicted octanol–water partition coefficient (Wildman–Crippen LogP) is 5.86. The first-order chi connectivity index (χ1) is 15.6. The Hall–Kier alpha value is -3.10. The molecule has 5 nitrogen and oxygen atoms in total. The van der Waals surface area contributed by atoms with Gasteiger partial charge in [-0.3, -0.25) is 0 Å². The van der Waals surface area contributed by atoms with Gasteiger partial charge in [-0.25, -0.2) is 0 Å². The average molecular weight is 429 g/mol. The van der Waals surface area contributed by atoms with Crippen LogP contribution in [-0.4, -0.2) is 24.8 Å². The summed E-state index contributed by atoms with van der Waals surface area (Å²) in [6.07, 6.45) is 3.74. The summed E-state index contributed by atoms with van der Waals surface area (Å²) in [5.74, 6) is 1.50. The lowest BCUT2D eigenvalue weighted by atomic mass is 9.95. The zero-order valence-electron chi connectivity index (χ0n) is 19.3. The summed E-state index contributed by atoms with van der Waals surface area (Å²) in [4.78, 5) is 2.47. The molecule has 0 aliphatic carbocycles. The van der Waals surface area contributed by atoms with Gasteiger partial charge in [-0.05, 0) is 93.9 Å². The summed E-state index contributed by atoms with van der Waals surface area (Å²) in [6.45, 7) is 9.32. The molecule has 5 heteroatoms. The molecule has 0 bridgehead atoms. The summed E-state index contributed by atoms with van der Waals surface area (Å²) >= 11 is 0. The zero-order valence-corrected chi connectivity index (χ0v) is 19.3. The molecule has 1 aliphatic heterocycles. The minimum Gasteiger partial charge on any atom is -0.361 e. The van der Waals surface area contributed by atoms with Crippen LogP contribution in [0.3, 0.4) is 0 Å². The SMILES string of the molecule is Cc1ccc(-c2c(C)noc2C)cc1N(CC1CCNCC1)c1ccc(CCC#N)cc1. The van der Waals surface area contributed by atoms with Crippen LogP contribution in [0.1, 0.15) is 41.8 Å². The molecule has 0 spiro atoms. The number of hydrogen-bond donors (Lipinski definition) is 1. The first-order valence-electron chi connectivity index (χ1n) is 11.5. The second-order valence-corrected chi connectivity index (χ2v) is 8.83. The molecule has 0 unspecified atom stereocenters. The highest BCUT2D eigenvalue weighted by Gasteiger charge is 2.21. The van der Waals surface area contributed by atoms with Gasteiger partial charge in [-0.15, -0.1) is 0 Å². The van der Waals surface area contributed by atoms with E-state index >= 15 is 0 Å². The summed E-state index contributed by atoms with van der Waals surface area (Å²) in [5.41, 5.74) is 8.03. The van der Waals surface area contributed by atoms with Crippen molar-refractivity contribution in [2.75, 3.05) is 24.5 Å². The molecule has 1 fully saturated rings. The van der Waals surface area contributed by atoms with E-state index in [4.69, 9.17) is 9.78 Å². The van der Waals surface area contributed by atoms with Crippen LogP contribution in [-0.2, 0) is 6.42 Å². The molecule has 1 aliphatic rings. The number of anilines is 2. The molecule has 1 aromatic heterocycles. The lowest BCUT2D eigenvalue weighted by Gasteiger charge is -2.33. The van der Waals surface area contributed by atoms with E-state index in [0.717, 1.165) is 48.6 Å². The molecular formula is C27H32N4O. The second-order valence-electron chi connectivity index (χ2n) is 8.83. The normalized spacial score (nSPS) is 14.3. The first kappa shape index (κ1) is 22.1. The van der Waals surface area contributed by atoms with E-state index in [9.17, 15) is 0 Å². The van der Waals surface area contributed by atoms with Gasteiger partial charge < -0.3 is 14.7 Å². The monoisotopic (exact) mass is 428 g/mol. The van der Waals surface area contributed by atoms with Crippen LogP contribution in [0.2, 0.25) is 0 Å². The van der Waals surface area contributed by atoms with Gasteiger partial charge >= 0.3 is 0 Å². The van der Waals surface area contributed by atoms with Gasteiger partial charge in [-0.2, -0.15) is 5.26 Å². The molecule has 0 radical (unpaired) electrons. The van der Waals surface area contributed by atoms with Gasteiger partial charge in [0.2, 0.25) is 0 Å². The van der Waals surface area contributed by atoms with Gasteiger partial charge in [0.1, 0.15) is 5.76 Å². The third-order valence-electron chi connectivity index (χ3n) is 6.49. The fourth-order valence-electron chi connectivity index (χ4n) is 4.66. The Bertz CT molecular complexity index is 1070. The van der Waals surface area contributed by atoms with E-state index < -0.39 is 0 Å². The molecule has 1 N–H and O–H groups in total. The van der Waals surface area contributed by atoms with E-state index in [0.29, 0.717) is 12.3 Å². The van der Waals surface area contributed by atoms with Crippen LogP contribution in [0.5, 0.6) is 0 Å².